The van der Waals surface area contributed by atoms with Crippen molar-refractivity contribution in [3.8, 4) is 5.82 Å². The van der Waals surface area contributed by atoms with Gasteiger partial charge in [-0.05, 0) is 6.26 Å². The fourth-order valence-corrected chi connectivity index (χ4v) is 2.96. The van der Waals surface area contributed by atoms with Crippen molar-refractivity contribution in [1.82, 2.24) is 29.7 Å². The quantitative estimate of drug-likeness (QED) is 0.710. The second-order valence-electron chi connectivity index (χ2n) is 3.34. The van der Waals surface area contributed by atoms with Crippen molar-refractivity contribution < 1.29 is 0 Å². The van der Waals surface area contributed by atoms with Crippen molar-refractivity contribution in [2.24, 2.45) is 5.73 Å². The highest BCUT2D eigenvalue weighted by atomic mass is 32.2. The predicted molar refractivity (Wildman–Crippen MR) is 69.8 cm³/mol. The molecule has 0 amide bonds. The van der Waals surface area contributed by atoms with E-state index in [1.807, 2.05) is 6.26 Å². The minimum atomic E-state index is 0.306. The van der Waals surface area contributed by atoms with Crippen LogP contribution in [0.4, 0.5) is 0 Å². The van der Waals surface area contributed by atoms with Crippen LogP contribution in [0.15, 0.2) is 17.0 Å². The molecule has 0 fully saturated rings. The van der Waals surface area contributed by atoms with Crippen LogP contribution in [0.1, 0.15) is 5.82 Å². The molecule has 3 heterocycles. The van der Waals surface area contributed by atoms with E-state index in [9.17, 15) is 0 Å². The molecule has 7 nitrogen and oxygen atoms in total. The monoisotopic (exact) mass is 279 g/mol. The average molecular weight is 279 g/mol. The molecule has 0 aliphatic rings. The first-order chi connectivity index (χ1) is 8.81. The largest absolute Gasteiger partial charge is 0.324 e. The maximum absolute atomic E-state index is 5.50. The Morgan fingerprint density at radius 1 is 1.39 bits per heavy atom. The first-order valence-electron chi connectivity index (χ1n) is 5.08. The number of aromatic nitrogens is 6. The summed E-state index contributed by atoms with van der Waals surface area (Å²) in [6.07, 6.45) is 5.06. The number of thiazole rings is 1. The third-order valence-electron chi connectivity index (χ3n) is 2.27. The van der Waals surface area contributed by atoms with E-state index in [2.05, 4.69) is 25.0 Å². The Morgan fingerprint density at radius 2 is 2.28 bits per heavy atom. The zero-order chi connectivity index (χ0) is 12.5. The Hall–Kier alpha value is -1.58. The molecular weight excluding hydrogens is 270 g/mol. The maximum atomic E-state index is 5.50. The summed E-state index contributed by atoms with van der Waals surface area (Å²) in [5.41, 5.74) is 6.18. The van der Waals surface area contributed by atoms with Gasteiger partial charge in [-0.3, -0.25) is 0 Å². The van der Waals surface area contributed by atoms with Crippen molar-refractivity contribution in [3.05, 3.63) is 18.5 Å². The van der Waals surface area contributed by atoms with Gasteiger partial charge in [0.25, 0.3) is 0 Å². The van der Waals surface area contributed by atoms with Crippen LogP contribution in [0.3, 0.4) is 0 Å². The molecule has 0 aliphatic heterocycles. The van der Waals surface area contributed by atoms with Crippen LogP contribution in [0.2, 0.25) is 0 Å². The minimum Gasteiger partial charge on any atom is -0.324 e. The second-order valence-corrected chi connectivity index (χ2v) is 5.40. The summed E-state index contributed by atoms with van der Waals surface area (Å²) < 4.78 is 3.45. The van der Waals surface area contributed by atoms with Gasteiger partial charge in [0.05, 0.1) is 6.54 Å². The van der Waals surface area contributed by atoms with Crippen molar-refractivity contribution in [3.63, 3.8) is 0 Å². The Balaban J connectivity index is 2.18. The molecule has 9 heteroatoms. The van der Waals surface area contributed by atoms with Gasteiger partial charge in [0.15, 0.2) is 21.6 Å². The van der Waals surface area contributed by atoms with E-state index in [1.54, 1.807) is 34.1 Å². The summed E-state index contributed by atoms with van der Waals surface area (Å²) in [5.74, 6) is 1.27. The fraction of sp³-hybridized carbons (Fsp3) is 0.222. The first-order valence-corrected chi connectivity index (χ1v) is 7.12. The van der Waals surface area contributed by atoms with Crippen molar-refractivity contribution in [2.75, 3.05) is 6.26 Å². The number of hydrogen-bond acceptors (Lipinski definition) is 8. The van der Waals surface area contributed by atoms with Gasteiger partial charge in [-0.1, -0.05) is 11.8 Å². The number of rotatable bonds is 3. The molecule has 0 bridgehead atoms. The van der Waals surface area contributed by atoms with Gasteiger partial charge < -0.3 is 5.73 Å². The van der Waals surface area contributed by atoms with Crippen molar-refractivity contribution in [1.29, 1.82) is 0 Å². The van der Waals surface area contributed by atoms with Gasteiger partial charge in [-0.2, -0.15) is 0 Å². The molecule has 0 aromatic carbocycles. The molecule has 18 heavy (non-hydrogen) atoms. The number of nitrogens with two attached hydrogens (primary N) is 1. The lowest BCUT2D eigenvalue weighted by Crippen LogP contribution is -2.02. The standard InChI is InChI=1S/C9H9N7S2/c1-17-9-14-7-6(18-9)8(12-3-11-7)16-4-13-5(2-10)15-16/h3-4H,2,10H2,1H3. The normalized spacial score (nSPS) is 11.2. The lowest BCUT2D eigenvalue weighted by molar-refractivity contribution is 0.813. The zero-order valence-corrected chi connectivity index (χ0v) is 11.1. The van der Waals surface area contributed by atoms with Gasteiger partial charge in [0.2, 0.25) is 0 Å². The second kappa shape index (κ2) is 4.59. The molecule has 0 aliphatic carbocycles. The topological polar surface area (TPSA) is 95.4 Å². The molecule has 2 N–H and O–H groups in total. The van der Waals surface area contributed by atoms with Gasteiger partial charge in [0.1, 0.15) is 17.4 Å². The summed E-state index contributed by atoms with van der Waals surface area (Å²) >= 11 is 3.13. The Kier molecular flexibility index (Phi) is 2.94. The Morgan fingerprint density at radius 3 is 3.00 bits per heavy atom. The molecule has 92 valence electrons. The van der Waals surface area contributed by atoms with E-state index in [-0.39, 0.29) is 0 Å². The van der Waals surface area contributed by atoms with Crippen molar-refractivity contribution in [2.45, 2.75) is 10.9 Å². The summed E-state index contributed by atoms with van der Waals surface area (Å²) in [5, 5.41) is 4.25. The summed E-state index contributed by atoms with van der Waals surface area (Å²) in [6, 6.07) is 0. The number of nitrogens with zero attached hydrogens (tertiary/aromatic N) is 6. The molecule has 0 atom stereocenters. The predicted octanol–water partition coefficient (Wildman–Crippen LogP) is 0.848. The van der Waals surface area contributed by atoms with Gasteiger partial charge >= 0.3 is 0 Å². The average Bonchev–Trinajstić information content (AvgIpc) is 3.04. The Bertz CT molecular complexity index is 689. The summed E-state index contributed by atoms with van der Waals surface area (Å²) in [6.45, 7) is 0.306. The van der Waals surface area contributed by atoms with E-state index in [0.717, 1.165) is 9.04 Å². The lowest BCUT2D eigenvalue weighted by atomic mass is 10.5. The van der Waals surface area contributed by atoms with Gasteiger partial charge in [0, 0.05) is 0 Å². The fourth-order valence-electron chi connectivity index (χ4n) is 1.47. The highest BCUT2D eigenvalue weighted by molar-refractivity contribution is 8.00. The third kappa shape index (κ3) is 1.85. The van der Waals surface area contributed by atoms with Crippen LogP contribution in [0, 0.1) is 0 Å². The van der Waals surface area contributed by atoms with E-state index < -0.39 is 0 Å². The van der Waals surface area contributed by atoms with Gasteiger partial charge in [-0.25, -0.2) is 24.6 Å². The highest BCUT2D eigenvalue weighted by Gasteiger charge is 2.12. The van der Waals surface area contributed by atoms with Crippen molar-refractivity contribution >= 4 is 33.4 Å². The number of hydrogen-bond donors (Lipinski definition) is 1. The van der Waals surface area contributed by atoms with E-state index in [0.29, 0.717) is 23.8 Å². The molecule has 3 aromatic heterocycles. The minimum absolute atomic E-state index is 0.306. The summed E-state index contributed by atoms with van der Waals surface area (Å²) in [7, 11) is 0. The van der Waals surface area contributed by atoms with Crippen LogP contribution in [-0.4, -0.2) is 36.0 Å². The van der Waals surface area contributed by atoms with Crippen LogP contribution < -0.4 is 5.73 Å². The molecule has 3 aromatic rings. The molecule has 3 rings (SSSR count). The van der Waals surface area contributed by atoms with Crippen LogP contribution in [0.25, 0.3) is 16.2 Å². The lowest BCUT2D eigenvalue weighted by Gasteiger charge is -1.98. The van der Waals surface area contributed by atoms with E-state index in [4.69, 9.17) is 5.73 Å². The highest BCUT2D eigenvalue weighted by Crippen LogP contribution is 2.29. The Labute approximate surface area is 110 Å². The molecular formula is C9H9N7S2. The van der Waals surface area contributed by atoms with E-state index in [1.165, 1.54) is 6.33 Å². The molecule has 0 saturated heterocycles. The van der Waals surface area contributed by atoms with Crippen LogP contribution in [-0.2, 0) is 6.54 Å². The third-order valence-corrected chi connectivity index (χ3v) is 4.29. The molecule has 0 unspecified atom stereocenters. The number of thioether (sulfide) groups is 1. The zero-order valence-electron chi connectivity index (χ0n) is 9.44. The van der Waals surface area contributed by atoms with Gasteiger partial charge in [-0.15, -0.1) is 16.4 Å². The number of fused-ring (bicyclic) bond motifs is 1. The molecule has 0 spiro atoms. The van der Waals surface area contributed by atoms with Crippen LogP contribution >= 0.6 is 23.1 Å². The smallest absolute Gasteiger partial charge is 0.178 e. The van der Waals surface area contributed by atoms with E-state index >= 15 is 0 Å². The van der Waals surface area contributed by atoms with Crippen LogP contribution in [0.5, 0.6) is 0 Å². The molecule has 0 radical (unpaired) electrons. The molecule has 0 saturated carbocycles. The summed E-state index contributed by atoms with van der Waals surface area (Å²) in [4.78, 5) is 16.9. The SMILES string of the molecule is CSc1nc2ncnc(-n3cnc(CN)n3)c2s1. The first kappa shape index (κ1) is 11.5. The maximum Gasteiger partial charge on any atom is 0.178 e.